The third-order valence-corrected chi connectivity index (χ3v) is 9.97. The molecule has 0 saturated heterocycles. The molecule has 2 aromatic heterocycles. The van der Waals surface area contributed by atoms with Crippen LogP contribution in [0.25, 0.3) is 78.2 Å². The van der Waals surface area contributed by atoms with Crippen molar-refractivity contribution in [3.05, 3.63) is 206 Å². The first-order chi connectivity index (χ1) is 28.7. The first-order valence-corrected chi connectivity index (χ1v) is 19.1. The first-order valence-electron chi connectivity index (χ1n) is 19.1. The number of nitrogens with zero attached hydrogens (tertiary/aromatic N) is 4. The molecule has 0 atom stereocenters. The van der Waals surface area contributed by atoms with Gasteiger partial charge in [0.1, 0.15) is 23.0 Å². The highest BCUT2D eigenvalue weighted by molar-refractivity contribution is 5.92. The van der Waals surface area contributed by atoms with Crippen LogP contribution in [0.4, 0.5) is 0 Å². The third-order valence-electron chi connectivity index (χ3n) is 9.97. The van der Waals surface area contributed by atoms with E-state index in [0.717, 1.165) is 101 Å². The highest BCUT2D eigenvalue weighted by atomic mass is 16.5. The third kappa shape index (κ3) is 7.14. The molecule has 0 aliphatic carbocycles. The largest absolute Gasteiger partial charge is 0.457 e. The minimum Gasteiger partial charge on any atom is -0.457 e. The monoisotopic (exact) mass is 746 g/mol. The SMILES string of the molecule is c1ccc(Oc2ccc(-c3nc4ccc(-c5ccc6nc(-c7ccc(Oc8ccccc8)cc7)c(-c7ccccc7)nc6c5)cc4nc3-c3ccccc3)cc2)cc1. The Morgan fingerprint density at radius 1 is 0.224 bits per heavy atom. The fourth-order valence-corrected chi connectivity index (χ4v) is 7.08. The second-order valence-electron chi connectivity index (χ2n) is 13.9. The Bertz CT molecular complexity index is 2810. The summed E-state index contributed by atoms with van der Waals surface area (Å²) in [4.78, 5) is 20.9. The van der Waals surface area contributed by atoms with Crippen molar-refractivity contribution in [2.45, 2.75) is 0 Å². The molecule has 10 aromatic rings. The second-order valence-corrected chi connectivity index (χ2v) is 13.9. The molecule has 10 rings (SSSR count). The van der Waals surface area contributed by atoms with E-state index < -0.39 is 0 Å². The Labute approximate surface area is 335 Å². The Morgan fingerprint density at radius 2 is 0.500 bits per heavy atom. The number of aromatic nitrogens is 4. The summed E-state index contributed by atoms with van der Waals surface area (Å²) in [5, 5.41) is 0. The molecule has 0 radical (unpaired) electrons. The van der Waals surface area contributed by atoms with Gasteiger partial charge in [-0.15, -0.1) is 0 Å². The lowest BCUT2D eigenvalue weighted by molar-refractivity contribution is 0.482. The normalized spacial score (nSPS) is 11.1. The summed E-state index contributed by atoms with van der Waals surface area (Å²) in [5.41, 5.74) is 12.4. The minimum absolute atomic E-state index is 0.755. The van der Waals surface area contributed by atoms with Crippen molar-refractivity contribution < 1.29 is 9.47 Å². The van der Waals surface area contributed by atoms with Crippen molar-refractivity contribution in [2.75, 3.05) is 0 Å². The highest BCUT2D eigenvalue weighted by Gasteiger charge is 2.17. The maximum atomic E-state index is 6.06. The van der Waals surface area contributed by atoms with E-state index >= 15 is 0 Å². The zero-order valence-electron chi connectivity index (χ0n) is 31.2. The Balaban J connectivity index is 1.01. The number of fused-ring (bicyclic) bond motifs is 2. The van der Waals surface area contributed by atoms with Crippen LogP contribution in [-0.2, 0) is 0 Å². The van der Waals surface area contributed by atoms with Crippen molar-refractivity contribution in [1.29, 1.82) is 0 Å². The molecule has 0 bridgehead atoms. The number of hydrogen-bond acceptors (Lipinski definition) is 6. The molecular weight excluding hydrogens is 713 g/mol. The van der Waals surface area contributed by atoms with Crippen LogP contribution in [0.1, 0.15) is 0 Å². The van der Waals surface area contributed by atoms with Gasteiger partial charge in [-0.2, -0.15) is 0 Å². The number of hydrogen-bond donors (Lipinski definition) is 0. The predicted octanol–water partition coefficient (Wildman–Crippen LogP) is 13.5. The van der Waals surface area contributed by atoms with Gasteiger partial charge in [-0.3, -0.25) is 0 Å². The van der Waals surface area contributed by atoms with Crippen molar-refractivity contribution >= 4 is 22.1 Å². The van der Waals surface area contributed by atoms with Gasteiger partial charge in [0.05, 0.1) is 44.8 Å². The summed E-state index contributed by atoms with van der Waals surface area (Å²) in [7, 11) is 0. The number of rotatable bonds is 9. The summed E-state index contributed by atoms with van der Waals surface area (Å²) < 4.78 is 12.1. The maximum absolute atomic E-state index is 6.06. The lowest BCUT2D eigenvalue weighted by Crippen LogP contribution is -1.97. The lowest BCUT2D eigenvalue weighted by atomic mass is 10.0. The van der Waals surface area contributed by atoms with Gasteiger partial charge in [0.25, 0.3) is 0 Å². The molecule has 0 amide bonds. The predicted molar refractivity (Wildman–Crippen MR) is 233 cm³/mol. The summed E-state index contributed by atoms with van der Waals surface area (Å²) in [6.45, 7) is 0. The summed E-state index contributed by atoms with van der Waals surface area (Å²) >= 11 is 0. The van der Waals surface area contributed by atoms with Gasteiger partial charge >= 0.3 is 0 Å². The number of para-hydroxylation sites is 2. The molecule has 0 aliphatic heterocycles. The Morgan fingerprint density at radius 3 is 0.862 bits per heavy atom. The van der Waals surface area contributed by atoms with Crippen molar-refractivity contribution in [1.82, 2.24) is 19.9 Å². The molecule has 0 N–H and O–H groups in total. The van der Waals surface area contributed by atoms with E-state index in [4.69, 9.17) is 29.4 Å². The zero-order valence-corrected chi connectivity index (χ0v) is 31.2. The minimum atomic E-state index is 0.755. The molecule has 58 heavy (non-hydrogen) atoms. The molecule has 0 spiro atoms. The van der Waals surface area contributed by atoms with Crippen LogP contribution in [0.5, 0.6) is 23.0 Å². The standard InChI is InChI=1S/C52H34N4O2/c1-5-13-35(14-6-1)49-51(37-21-27-43(28-22-37)57-41-17-9-3-10-18-41)53-45-31-25-39(33-47(45)55-49)40-26-32-46-48(34-40)56-50(36-15-7-2-8-16-36)52(54-46)38-23-29-44(30-24-38)58-42-19-11-4-12-20-42/h1-34H. The van der Waals surface area contributed by atoms with E-state index in [9.17, 15) is 0 Å². The van der Waals surface area contributed by atoms with E-state index in [1.807, 2.05) is 158 Å². The molecule has 0 fully saturated rings. The van der Waals surface area contributed by atoms with Crippen LogP contribution in [0, 0.1) is 0 Å². The van der Waals surface area contributed by atoms with Crippen LogP contribution in [0.15, 0.2) is 206 Å². The maximum Gasteiger partial charge on any atom is 0.127 e. The van der Waals surface area contributed by atoms with Gasteiger partial charge in [-0.1, -0.05) is 109 Å². The van der Waals surface area contributed by atoms with Gasteiger partial charge in [-0.05, 0) is 108 Å². The quantitative estimate of drug-likeness (QED) is 0.146. The zero-order chi connectivity index (χ0) is 38.7. The van der Waals surface area contributed by atoms with Crippen LogP contribution < -0.4 is 9.47 Å². The Hall–Kier alpha value is -7.96. The molecule has 0 unspecified atom stereocenters. The summed E-state index contributed by atoms with van der Waals surface area (Å²) in [6, 6.07) is 68.5. The Kier molecular flexibility index (Phi) is 9.10. The molecule has 6 nitrogen and oxygen atoms in total. The van der Waals surface area contributed by atoms with Crippen LogP contribution in [0.3, 0.4) is 0 Å². The fourth-order valence-electron chi connectivity index (χ4n) is 7.08. The van der Waals surface area contributed by atoms with E-state index in [-0.39, 0.29) is 0 Å². The molecular formula is C52H34N4O2. The van der Waals surface area contributed by atoms with E-state index in [1.165, 1.54) is 0 Å². The average Bonchev–Trinajstić information content (AvgIpc) is 3.29. The first kappa shape index (κ1) is 34.5. The highest BCUT2D eigenvalue weighted by Crippen LogP contribution is 2.36. The van der Waals surface area contributed by atoms with Gasteiger partial charge in [0.15, 0.2) is 0 Å². The smallest absolute Gasteiger partial charge is 0.127 e. The molecule has 0 aliphatic rings. The van der Waals surface area contributed by atoms with Crippen LogP contribution in [-0.4, -0.2) is 19.9 Å². The summed E-state index contributed by atoms with van der Waals surface area (Å²) in [5.74, 6) is 3.09. The number of benzene rings is 8. The van der Waals surface area contributed by atoms with Gasteiger partial charge in [0, 0.05) is 22.3 Å². The average molecular weight is 747 g/mol. The molecule has 274 valence electrons. The van der Waals surface area contributed by atoms with Crippen LogP contribution in [0.2, 0.25) is 0 Å². The lowest BCUT2D eigenvalue weighted by Gasteiger charge is -2.13. The van der Waals surface area contributed by atoms with Crippen molar-refractivity contribution in [3.8, 4) is 79.2 Å². The molecule has 0 saturated carbocycles. The van der Waals surface area contributed by atoms with Crippen molar-refractivity contribution in [3.63, 3.8) is 0 Å². The fraction of sp³-hybridized carbons (Fsp3) is 0. The topological polar surface area (TPSA) is 70.0 Å². The van der Waals surface area contributed by atoms with Gasteiger partial charge < -0.3 is 9.47 Å². The van der Waals surface area contributed by atoms with Crippen molar-refractivity contribution in [2.24, 2.45) is 0 Å². The second kappa shape index (κ2) is 15.3. The van der Waals surface area contributed by atoms with E-state index in [2.05, 4.69) is 48.5 Å². The van der Waals surface area contributed by atoms with Crippen LogP contribution >= 0.6 is 0 Å². The van der Waals surface area contributed by atoms with Gasteiger partial charge in [0.2, 0.25) is 0 Å². The van der Waals surface area contributed by atoms with E-state index in [1.54, 1.807) is 0 Å². The summed E-state index contributed by atoms with van der Waals surface area (Å²) in [6.07, 6.45) is 0. The molecule has 6 heteroatoms. The van der Waals surface area contributed by atoms with E-state index in [0.29, 0.717) is 0 Å². The van der Waals surface area contributed by atoms with Gasteiger partial charge in [-0.25, -0.2) is 19.9 Å². The molecule has 2 heterocycles. The number of ether oxygens (including phenoxy) is 2. The molecule has 8 aromatic carbocycles.